The lowest BCUT2D eigenvalue weighted by molar-refractivity contribution is -0.126. The van der Waals surface area contributed by atoms with E-state index in [-0.39, 0.29) is 11.9 Å². The quantitative estimate of drug-likeness (QED) is 0.759. The molecule has 0 aliphatic carbocycles. The molecular weight excluding hydrogens is 294 g/mol. The summed E-state index contributed by atoms with van der Waals surface area (Å²) in [6.45, 7) is 6.67. The Kier molecular flexibility index (Phi) is 6.67. The minimum absolute atomic E-state index is 0.0694. The molecule has 0 unspecified atom stereocenters. The van der Waals surface area contributed by atoms with Crippen molar-refractivity contribution >= 4 is 11.6 Å². The van der Waals surface area contributed by atoms with Gasteiger partial charge in [-0.1, -0.05) is 0 Å². The maximum absolute atomic E-state index is 12.1. The zero-order valence-corrected chi connectivity index (χ0v) is 14.2. The van der Waals surface area contributed by atoms with Gasteiger partial charge in [0.1, 0.15) is 5.75 Å². The Hall–Kier alpha value is -1.79. The molecule has 0 spiro atoms. The lowest BCUT2D eigenvalue weighted by Gasteiger charge is -2.38. The molecule has 128 valence electrons. The van der Waals surface area contributed by atoms with Crippen molar-refractivity contribution in [1.82, 2.24) is 10.2 Å². The summed E-state index contributed by atoms with van der Waals surface area (Å²) in [6.07, 6.45) is 0. The third-order valence-electron chi connectivity index (χ3n) is 4.28. The van der Waals surface area contributed by atoms with Crippen LogP contribution in [0.2, 0.25) is 0 Å². The van der Waals surface area contributed by atoms with E-state index in [1.54, 1.807) is 14.2 Å². The molecular formula is C17H27N3O3. The van der Waals surface area contributed by atoms with Gasteiger partial charge in [-0.25, -0.2) is 0 Å². The van der Waals surface area contributed by atoms with E-state index >= 15 is 0 Å². The molecule has 1 aliphatic rings. The van der Waals surface area contributed by atoms with Crippen LogP contribution in [0, 0.1) is 0 Å². The van der Waals surface area contributed by atoms with Gasteiger partial charge in [-0.3, -0.25) is 9.69 Å². The van der Waals surface area contributed by atoms with E-state index in [0.29, 0.717) is 13.2 Å². The molecule has 1 aromatic carbocycles. The number of anilines is 1. The summed E-state index contributed by atoms with van der Waals surface area (Å²) in [6, 6.07) is 8.01. The van der Waals surface area contributed by atoms with Gasteiger partial charge in [0.15, 0.2) is 0 Å². The van der Waals surface area contributed by atoms with Crippen molar-refractivity contribution in [2.24, 2.45) is 0 Å². The van der Waals surface area contributed by atoms with E-state index in [1.807, 2.05) is 19.1 Å². The second-order valence-corrected chi connectivity index (χ2v) is 5.68. The van der Waals surface area contributed by atoms with Crippen LogP contribution in [0.4, 0.5) is 5.69 Å². The number of ether oxygens (including phenoxy) is 2. The number of hydrogen-bond donors (Lipinski definition) is 1. The molecule has 0 radical (unpaired) electrons. The Labute approximate surface area is 138 Å². The summed E-state index contributed by atoms with van der Waals surface area (Å²) in [5.74, 6) is 0.939. The van der Waals surface area contributed by atoms with Gasteiger partial charge in [0.2, 0.25) is 5.91 Å². The topological polar surface area (TPSA) is 54.0 Å². The average Bonchev–Trinajstić information content (AvgIpc) is 2.61. The standard InChI is InChI=1S/C17H27N3O3/c1-14(17(21)18-8-13-22-2)19-9-11-20(12-10-19)15-4-6-16(23-3)7-5-15/h4-7,14H,8-13H2,1-3H3,(H,18,21)/t14-/m0/s1. The van der Waals surface area contributed by atoms with Crippen molar-refractivity contribution in [2.45, 2.75) is 13.0 Å². The van der Waals surface area contributed by atoms with Crippen LogP contribution < -0.4 is 15.0 Å². The zero-order valence-electron chi connectivity index (χ0n) is 14.2. The van der Waals surface area contributed by atoms with Crippen molar-refractivity contribution in [1.29, 1.82) is 0 Å². The molecule has 0 saturated carbocycles. The van der Waals surface area contributed by atoms with Gasteiger partial charge in [-0.05, 0) is 31.2 Å². The third-order valence-corrected chi connectivity index (χ3v) is 4.28. The van der Waals surface area contributed by atoms with Gasteiger partial charge in [-0.2, -0.15) is 0 Å². The Morgan fingerprint density at radius 2 is 1.83 bits per heavy atom. The fourth-order valence-electron chi connectivity index (χ4n) is 2.75. The number of benzene rings is 1. The lowest BCUT2D eigenvalue weighted by atomic mass is 10.2. The first-order valence-electron chi connectivity index (χ1n) is 8.05. The first kappa shape index (κ1) is 17.6. The summed E-state index contributed by atoms with van der Waals surface area (Å²) in [5, 5.41) is 2.90. The van der Waals surface area contributed by atoms with Crippen LogP contribution in [0.15, 0.2) is 24.3 Å². The van der Waals surface area contributed by atoms with Gasteiger partial charge in [0.05, 0.1) is 19.8 Å². The highest BCUT2D eigenvalue weighted by Crippen LogP contribution is 2.21. The smallest absolute Gasteiger partial charge is 0.237 e. The van der Waals surface area contributed by atoms with Gasteiger partial charge in [-0.15, -0.1) is 0 Å². The maximum Gasteiger partial charge on any atom is 0.237 e. The van der Waals surface area contributed by atoms with Crippen LogP contribution in [0.5, 0.6) is 5.75 Å². The van der Waals surface area contributed by atoms with Crippen LogP contribution >= 0.6 is 0 Å². The van der Waals surface area contributed by atoms with Crippen LogP contribution in [-0.2, 0) is 9.53 Å². The van der Waals surface area contributed by atoms with Crippen molar-refractivity contribution in [3.8, 4) is 5.75 Å². The van der Waals surface area contributed by atoms with E-state index in [9.17, 15) is 4.79 Å². The van der Waals surface area contributed by atoms with Gasteiger partial charge >= 0.3 is 0 Å². The molecule has 1 aliphatic heterocycles. The summed E-state index contributed by atoms with van der Waals surface area (Å²) < 4.78 is 10.1. The number of hydrogen-bond acceptors (Lipinski definition) is 5. The molecule has 1 amide bonds. The van der Waals surface area contributed by atoms with Crippen LogP contribution in [-0.4, -0.2) is 70.4 Å². The second-order valence-electron chi connectivity index (χ2n) is 5.68. The predicted molar refractivity (Wildman–Crippen MR) is 91.1 cm³/mol. The van der Waals surface area contributed by atoms with E-state index < -0.39 is 0 Å². The average molecular weight is 321 g/mol. The fourth-order valence-corrected chi connectivity index (χ4v) is 2.75. The molecule has 23 heavy (non-hydrogen) atoms. The highest BCUT2D eigenvalue weighted by molar-refractivity contribution is 5.81. The zero-order chi connectivity index (χ0) is 16.7. The van der Waals surface area contributed by atoms with Crippen molar-refractivity contribution in [2.75, 3.05) is 58.5 Å². The molecule has 0 bridgehead atoms. The van der Waals surface area contributed by atoms with Gasteiger partial charge < -0.3 is 19.7 Å². The second kappa shape index (κ2) is 8.74. The van der Waals surface area contributed by atoms with Crippen LogP contribution in [0.1, 0.15) is 6.92 Å². The molecule has 0 aromatic heterocycles. The van der Waals surface area contributed by atoms with Crippen LogP contribution in [0.3, 0.4) is 0 Å². The number of nitrogens with zero attached hydrogens (tertiary/aromatic N) is 2. The molecule has 1 atom stereocenters. The molecule has 6 nitrogen and oxygen atoms in total. The maximum atomic E-state index is 12.1. The summed E-state index contributed by atoms with van der Waals surface area (Å²) in [7, 11) is 3.31. The largest absolute Gasteiger partial charge is 0.497 e. The fraction of sp³-hybridized carbons (Fsp3) is 0.588. The molecule has 1 aromatic rings. The number of carbonyl (C=O) groups is 1. The van der Waals surface area contributed by atoms with E-state index in [1.165, 1.54) is 5.69 Å². The van der Waals surface area contributed by atoms with Crippen LogP contribution in [0.25, 0.3) is 0 Å². The first-order valence-corrected chi connectivity index (χ1v) is 8.05. The Morgan fingerprint density at radius 3 is 2.39 bits per heavy atom. The van der Waals surface area contributed by atoms with Crippen molar-refractivity contribution < 1.29 is 14.3 Å². The highest BCUT2D eigenvalue weighted by atomic mass is 16.5. The molecule has 2 rings (SSSR count). The molecule has 1 saturated heterocycles. The number of nitrogens with one attached hydrogen (secondary N) is 1. The monoisotopic (exact) mass is 321 g/mol. The Bertz CT molecular complexity index is 484. The van der Waals surface area contributed by atoms with Crippen molar-refractivity contribution in [3.05, 3.63) is 24.3 Å². The molecule has 1 heterocycles. The summed E-state index contributed by atoms with van der Waals surface area (Å²) in [4.78, 5) is 16.7. The predicted octanol–water partition coefficient (Wildman–Crippen LogP) is 0.968. The number of amides is 1. The highest BCUT2D eigenvalue weighted by Gasteiger charge is 2.25. The normalized spacial score (nSPS) is 16.9. The van der Waals surface area contributed by atoms with Gasteiger partial charge in [0.25, 0.3) is 0 Å². The summed E-state index contributed by atoms with van der Waals surface area (Å²) >= 11 is 0. The third kappa shape index (κ3) is 4.84. The molecule has 1 fully saturated rings. The number of rotatable bonds is 7. The first-order chi connectivity index (χ1) is 11.2. The van der Waals surface area contributed by atoms with E-state index in [4.69, 9.17) is 9.47 Å². The van der Waals surface area contributed by atoms with Gasteiger partial charge in [0, 0.05) is 45.5 Å². The number of methoxy groups -OCH3 is 2. The lowest BCUT2D eigenvalue weighted by Crippen LogP contribution is -2.54. The summed E-state index contributed by atoms with van der Waals surface area (Å²) in [5.41, 5.74) is 1.20. The minimum Gasteiger partial charge on any atom is -0.497 e. The Morgan fingerprint density at radius 1 is 1.17 bits per heavy atom. The Balaban J connectivity index is 1.81. The number of carbonyl (C=O) groups excluding carboxylic acids is 1. The SMILES string of the molecule is COCCNC(=O)[C@H](C)N1CCN(c2ccc(OC)cc2)CC1. The minimum atomic E-state index is -0.107. The van der Waals surface area contributed by atoms with E-state index in [2.05, 4.69) is 27.2 Å². The molecule has 1 N–H and O–H groups in total. The van der Waals surface area contributed by atoms with E-state index in [0.717, 1.165) is 31.9 Å². The number of piperazine rings is 1. The van der Waals surface area contributed by atoms with Crippen molar-refractivity contribution in [3.63, 3.8) is 0 Å². The molecule has 6 heteroatoms.